The van der Waals surface area contributed by atoms with Gasteiger partial charge in [-0.25, -0.2) is 11.6 Å². The number of allylic oxidation sites excluding steroid dienone is 3. The number of hydrogen-bond donors (Lipinski definition) is 0. The van der Waals surface area contributed by atoms with E-state index in [1.807, 2.05) is 0 Å². The normalized spacial score (nSPS) is 17.4. The van der Waals surface area contributed by atoms with E-state index in [1.165, 1.54) is 11.1 Å². The summed E-state index contributed by atoms with van der Waals surface area (Å²) in [5, 5.41) is 0. The van der Waals surface area contributed by atoms with Gasteiger partial charge >= 0.3 is 0 Å². The first-order valence-electron chi connectivity index (χ1n) is 6.86. The van der Waals surface area contributed by atoms with Crippen LogP contribution in [-0.4, -0.2) is 16.1 Å². The summed E-state index contributed by atoms with van der Waals surface area (Å²) in [6.45, 7) is 6.77. The van der Waals surface area contributed by atoms with Crippen LogP contribution in [0.2, 0.25) is 0 Å². The van der Waals surface area contributed by atoms with Crippen LogP contribution >= 0.6 is 0 Å². The molecule has 0 bridgehead atoms. The van der Waals surface area contributed by atoms with Gasteiger partial charge in [0.1, 0.15) is 10.5 Å². The molecule has 1 aliphatic carbocycles. The molecule has 1 aromatic carbocycles. The molecule has 0 aliphatic heterocycles. The second-order valence-electron chi connectivity index (χ2n) is 5.92. The summed E-state index contributed by atoms with van der Waals surface area (Å²) in [5.74, 6) is 0. The van der Waals surface area contributed by atoms with Gasteiger partial charge in [-0.2, -0.15) is 6.08 Å². The average Bonchev–Trinajstić information content (AvgIpc) is 2.94. The maximum absolute atomic E-state index is 6.06. The Labute approximate surface area is 140 Å². The topological polar surface area (TPSA) is 9.23 Å². The number of rotatable bonds is 5. The Hall–Kier alpha value is -0.409. The number of hydrogen-bond acceptors (Lipinski definition) is 1. The summed E-state index contributed by atoms with van der Waals surface area (Å²) < 4.78 is 6.06. The fourth-order valence-electron chi connectivity index (χ4n) is 2.65. The molecule has 2 rings (SSSR count). The molecule has 0 saturated carbocycles. The minimum Gasteiger partial charge on any atom is -0.422 e. The Balaban J connectivity index is 0.00000200. The van der Waals surface area contributed by atoms with Gasteiger partial charge < -0.3 is 4.43 Å². The zero-order valence-electron chi connectivity index (χ0n) is 12.9. The summed E-state index contributed by atoms with van der Waals surface area (Å²) in [4.78, 5) is 0. The molecule has 0 aromatic heterocycles. The minimum absolute atomic E-state index is 0. The van der Waals surface area contributed by atoms with Crippen molar-refractivity contribution in [1.29, 1.82) is 0 Å². The predicted octanol–water partition coefficient (Wildman–Crippen LogP) is 3.00. The summed E-state index contributed by atoms with van der Waals surface area (Å²) in [5.41, 5.74) is 2.40. The molecule has 1 unspecified atom stereocenters. The molecule has 1 atom stereocenters. The summed E-state index contributed by atoms with van der Waals surface area (Å²) >= 11 is 0. The van der Waals surface area contributed by atoms with E-state index in [4.69, 9.17) is 4.43 Å². The molecular weight excluding hydrogens is 296 g/mol. The van der Waals surface area contributed by atoms with Gasteiger partial charge in [-0.05, 0) is 17.9 Å². The van der Waals surface area contributed by atoms with Crippen LogP contribution in [0.25, 0.3) is 0 Å². The quantitative estimate of drug-likeness (QED) is 0.599. The molecular formula is C17H23OSiTi-. The zero-order valence-corrected chi connectivity index (χ0v) is 16.4. The Kier molecular flexibility index (Phi) is 6.21. The molecule has 0 N–H and O–H groups in total. The maximum atomic E-state index is 6.06. The third-order valence-electron chi connectivity index (χ3n) is 4.53. The van der Waals surface area contributed by atoms with Gasteiger partial charge in [0.2, 0.25) is 0 Å². The molecule has 0 radical (unpaired) electrons. The van der Waals surface area contributed by atoms with E-state index in [2.05, 4.69) is 69.3 Å². The van der Waals surface area contributed by atoms with Crippen LogP contribution in [0.5, 0.6) is 0 Å². The van der Waals surface area contributed by atoms with E-state index >= 15 is 0 Å². The fraction of sp³-hybridized carbons (Fsp3) is 0.412. The van der Waals surface area contributed by atoms with Crippen molar-refractivity contribution >= 4 is 10.5 Å². The van der Waals surface area contributed by atoms with Crippen molar-refractivity contribution in [3.05, 3.63) is 59.7 Å². The van der Waals surface area contributed by atoms with E-state index in [0.29, 0.717) is 0 Å². The van der Waals surface area contributed by atoms with Crippen molar-refractivity contribution in [2.75, 3.05) is 0 Å². The van der Waals surface area contributed by atoms with E-state index < -0.39 is 0 Å². The van der Waals surface area contributed by atoms with Gasteiger partial charge in [0.25, 0.3) is 0 Å². The van der Waals surface area contributed by atoms with Crippen molar-refractivity contribution in [2.45, 2.75) is 39.2 Å². The molecule has 0 saturated heterocycles. The molecule has 106 valence electrons. The maximum Gasteiger partial charge on any atom is 0.146 e. The first kappa shape index (κ1) is 17.6. The van der Waals surface area contributed by atoms with Crippen molar-refractivity contribution in [2.24, 2.45) is 5.41 Å². The smallest absolute Gasteiger partial charge is 0.146 e. The van der Waals surface area contributed by atoms with Crippen molar-refractivity contribution in [3.8, 4) is 0 Å². The monoisotopic (exact) mass is 319 g/mol. The minimum atomic E-state index is -0.183. The molecule has 1 nitrogen and oxygen atoms in total. The van der Waals surface area contributed by atoms with E-state index in [-0.39, 0.29) is 32.7 Å². The summed E-state index contributed by atoms with van der Waals surface area (Å²) in [7, 11) is 0.744. The molecule has 3 heteroatoms. The summed E-state index contributed by atoms with van der Waals surface area (Å²) in [6.07, 6.45) is 9.70. The largest absolute Gasteiger partial charge is 0.422 e. The zero-order chi connectivity index (χ0) is 13.9. The molecule has 0 spiro atoms. The van der Waals surface area contributed by atoms with Crippen LogP contribution in [0.15, 0.2) is 48.1 Å². The Morgan fingerprint density at radius 3 is 2.35 bits per heavy atom. The van der Waals surface area contributed by atoms with Crippen LogP contribution in [0, 0.1) is 11.5 Å². The van der Waals surface area contributed by atoms with Crippen LogP contribution in [0.1, 0.15) is 32.8 Å². The van der Waals surface area contributed by atoms with Crippen molar-refractivity contribution in [1.82, 2.24) is 0 Å². The number of benzene rings is 1. The van der Waals surface area contributed by atoms with Crippen LogP contribution < -0.4 is 0 Å². The van der Waals surface area contributed by atoms with Gasteiger partial charge in [-0.3, -0.25) is 6.08 Å². The first-order valence-corrected chi connectivity index (χ1v) is 7.68. The van der Waals surface area contributed by atoms with Gasteiger partial charge in [-0.15, -0.1) is 6.42 Å². The van der Waals surface area contributed by atoms with Gasteiger partial charge in [0, 0.05) is 28.1 Å². The third kappa shape index (κ3) is 3.43. The first-order chi connectivity index (χ1) is 8.99. The fourth-order valence-corrected chi connectivity index (χ4v) is 3.31. The second kappa shape index (κ2) is 7.04. The van der Waals surface area contributed by atoms with E-state index in [1.54, 1.807) is 0 Å². The van der Waals surface area contributed by atoms with Gasteiger partial charge in [-0.1, -0.05) is 44.2 Å². The van der Waals surface area contributed by atoms with Crippen LogP contribution in [-0.2, 0) is 32.6 Å². The molecule has 1 aliphatic rings. The van der Waals surface area contributed by atoms with E-state index in [9.17, 15) is 0 Å². The predicted molar refractivity (Wildman–Crippen MR) is 83.9 cm³/mol. The molecule has 0 fully saturated rings. The third-order valence-corrected chi connectivity index (χ3v) is 5.43. The van der Waals surface area contributed by atoms with E-state index in [0.717, 1.165) is 23.3 Å². The molecule has 0 amide bonds. The standard InChI is InChI=1S/C17H23OSi.Ti/c1-16(2,15-11-7-8-12-15)17(3,18-19)13-14-9-5-4-6-10-14;/h4-7,9-11H,8,13H2,1-3,19H3;/q-1;. The molecule has 0 heterocycles. The molecule has 1 aromatic rings. The van der Waals surface area contributed by atoms with Gasteiger partial charge in [0.15, 0.2) is 0 Å². The Morgan fingerprint density at radius 2 is 1.85 bits per heavy atom. The average molecular weight is 319 g/mol. The van der Waals surface area contributed by atoms with Crippen LogP contribution in [0.4, 0.5) is 0 Å². The summed E-state index contributed by atoms with van der Waals surface area (Å²) in [6, 6.07) is 10.6. The SMILES string of the molecule is CC(Cc1ccccc1)(O[SiH3])C(C)(C)C1=[C-]CC=C1.[Ti]. The van der Waals surface area contributed by atoms with Crippen LogP contribution in [0.3, 0.4) is 0 Å². The Bertz CT molecular complexity index is 493. The van der Waals surface area contributed by atoms with Gasteiger partial charge in [0.05, 0.1) is 5.60 Å². The van der Waals surface area contributed by atoms with Crippen molar-refractivity contribution in [3.63, 3.8) is 0 Å². The second-order valence-corrected chi connectivity index (χ2v) is 6.33. The Morgan fingerprint density at radius 1 is 1.20 bits per heavy atom. The molecule has 20 heavy (non-hydrogen) atoms. The van der Waals surface area contributed by atoms with Crippen molar-refractivity contribution < 1.29 is 26.1 Å².